The third kappa shape index (κ3) is 3.42. The molecule has 1 aromatic heterocycles. The third-order valence-corrected chi connectivity index (χ3v) is 3.24. The van der Waals surface area contributed by atoms with Crippen molar-refractivity contribution in [3.8, 4) is 6.07 Å². The minimum absolute atomic E-state index is 0.0442. The maximum absolute atomic E-state index is 12.6. The van der Waals surface area contributed by atoms with Crippen LogP contribution in [-0.2, 0) is 13.1 Å². The normalized spacial score (nSPS) is 10.1. The molecule has 0 bridgehead atoms. The molecule has 2 aromatic rings. The lowest BCUT2D eigenvalue weighted by atomic mass is 10.2. The fourth-order valence-electron chi connectivity index (χ4n) is 2.22. The van der Waals surface area contributed by atoms with E-state index in [9.17, 15) is 4.79 Å². The first kappa shape index (κ1) is 14.7. The smallest absolute Gasteiger partial charge is 0.271 e. The number of nitrogens with zero attached hydrogens (tertiary/aromatic N) is 3. The van der Waals surface area contributed by atoms with Crippen LogP contribution in [0, 0.1) is 11.3 Å². The standard InChI is InChI=1S/C16H18N4O/c1-2-19-12-14(18)10-15(19)16(21)20(9-8-17)11-13-6-4-3-5-7-13/h3-7,10,12H,2,9,11,18H2,1H3. The largest absolute Gasteiger partial charge is 0.397 e. The van der Waals surface area contributed by atoms with Gasteiger partial charge < -0.3 is 15.2 Å². The summed E-state index contributed by atoms with van der Waals surface area (Å²) in [4.78, 5) is 14.2. The molecule has 108 valence electrons. The van der Waals surface area contributed by atoms with Crippen LogP contribution in [-0.4, -0.2) is 21.9 Å². The van der Waals surface area contributed by atoms with Gasteiger partial charge in [0.25, 0.3) is 5.91 Å². The Labute approximate surface area is 124 Å². The van der Waals surface area contributed by atoms with Crippen molar-refractivity contribution >= 4 is 11.6 Å². The number of hydrogen-bond donors (Lipinski definition) is 1. The van der Waals surface area contributed by atoms with Gasteiger partial charge in [-0.3, -0.25) is 4.79 Å². The molecule has 0 atom stereocenters. The molecule has 2 rings (SSSR count). The van der Waals surface area contributed by atoms with Gasteiger partial charge in [0.05, 0.1) is 11.8 Å². The number of aromatic nitrogens is 1. The molecular weight excluding hydrogens is 264 g/mol. The summed E-state index contributed by atoms with van der Waals surface area (Å²) in [6, 6.07) is 13.3. The summed E-state index contributed by atoms with van der Waals surface area (Å²) >= 11 is 0. The van der Waals surface area contributed by atoms with Crippen molar-refractivity contribution in [1.82, 2.24) is 9.47 Å². The predicted molar refractivity (Wildman–Crippen MR) is 81.3 cm³/mol. The second-order valence-corrected chi connectivity index (χ2v) is 4.75. The highest BCUT2D eigenvalue weighted by Gasteiger charge is 2.19. The number of anilines is 1. The number of benzene rings is 1. The molecule has 1 amide bonds. The molecule has 1 aromatic carbocycles. The zero-order valence-corrected chi connectivity index (χ0v) is 12.0. The fourth-order valence-corrected chi connectivity index (χ4v) is 2.22. The molecule has 0 spiro atoms. The van der Waals surface area contributed by atoms with E-state index in [1.807, 2.05) is 43.3 Å². The van der Waals surface area contributed by atoms with Crippen LogP contribution in [0.1, 0.15) is 23.0 Å². The number of nitriles is 1. The zero-order chi connectivity index (χ0) is 15.2. The number of hydrogen-bond acceptors (Lipinski definition) is 3. The van der Waals surface area contributed by atoms with Crippen molar-refractivity contribution in [3.05, 3.63) is 53.9 Å². The van der Waals surface area contributed by atoms with Crippen molar-refractivity contribution in [2.45, 2.75) is 20.0 Å². The topological polar surface area (TPSA) is 75.0 Å². The van der Waals surface area contributed by atoms with Crippen molar-refractivity contribution in [2.24, 2.45) is 0 Å². The molecule has 0 radical (unpaired) electrons. The second-order valence-electron chi connectivity index (χ2n) is 4.75. The van der Waals surface area contributed by atoms with Gasteiger partial charge in [0.15, 0.2) is 0 Å². The number of carbonyl (C=O) groups excluding carboxylic acids is 1. The molecule has 5 nitrogen and oxygen atoms in total. The quantitative estimate of drug-likeness (QED) is 0.855. The lowest BCUT2D eigenvalue weighted by molar-refractivity contribution is 0.0754. The highest BCUT2D eigenvalue weighted by atomic mass is 16.2. The summed E-state index contributed by atoms with van der Waals surface area (Å²) in [6.45, 7) is 3.05. The first-order chi connectivity index (χ1) is 10.2. The molecule has 0 aliphatic carbocycles. The molecule has 0 saturated heterocycles. The average Bonchev–Trinajstić information content (AvgIpc) is 2.88. The van der Waals surface area contributed by atoms with Crippen molar-refractivity contribution in [1.29, 1.82) is 5.26 Å². The Kier molecular flexibility index (Phi) is 4.62. The van der Waals surface area contributed by atoms with E-state index in [-0.39, 0.29) is 12.5 Å². The first-order valence-electron chi connectivity index (χ1n) is 6.81. The van der Waals surface area contributed by atoms with Crippen LogP contribution in [0.15, 0.2) is 42.6 Å². The highest BCUT2D eigenvalue weighted by Crippen LogP contribution is 2.15. The van der Waals surface area contributed by atoms with Gasteiger partial charge in [-0.2, -0.15) is 5.26 Å². The number of amides is 1. The lowest BCUT2D eigenvalue weighted by Crippen LogP contribution is -2.32. The Morgan fingerprint density at radius 1 is 1.38 bits per heavy atom. The number of rotatable bonds is 5. The summed E-state index contributed by atoms with van der Waals surface area (Å²) in [5.74, 6) is -0.182. The molecule has 0 aliphatic rings. The van der Waals surface area contributed by atoms with Crippen LogP contribution >= 0.6 is 0 Å². The molecular formula is C16H18N4O. The van der Waals surface area contributed by atoms with Gasteiger partial charge in [-0.25, -0.2) is 0 Å². The number of aryl methyl sites for hydroxylation is 1. The Balaban J connectivity index is 2.25. The number of nitrogen functional groups attached to an aromatic ring is 1. The van der Waals surface area contributed by atoms with Crippen LogP contribution in [0.5, 0.6) is 0 Å². The van der Waals surface area contributed by atoms with Gasteiger partial charge in [-0.05, 0) is 18.6 Å². The Bertz CT molecular complexity index is 655. The third-order valence-electron chi connectivity index (χ3n) is 3.24. The maximum Gasteiger partial charge on any atom is 0.271 e. The van der Waals surface area contributed by atoms with Gasteiger partial charge in [-0.15, -0.1) is 0 Å². The van der Waals surface area contributed by atoms with E-state index in [1.54, 1.807) is 16.8 Å². The van der Waals surface area contributed by atoms with Crippen molar-refractivity contribution < 1.29 is 4.79 Å². The van der Waals surface area contributed by atoms with E-state index >= 15 is 0 Å². The summed E-state index contributed by atoms with van der Waals surface area (Å²) in [5, 5.41) is 8.97. The lowest BCUT2D eigenvalue weighted by Gasteiger charge is -2.20. The van der Waals surface area contributed by atoms with Gasteiger partial charge in [0, 0.05) is 19.3 Å². The highest BCUT2D eigenvalue weighted by molar-refractivity contribution is 5.94. The second kappa shape index (κ2) is 6.62. The molecule has 2 N–H and O–H groups in total. The van der Waals surface area contributed by atoms with Crippen LogP contribution < -0.4 is 5.73 Å². The molecule has 5 heteroatoms. The molecule has 1 heterocycles. The Morgan fingerprint density at radius 3 is 2.71 bits per heavy atom. The average molecular weight is 282 g/mol. The van der Waals surface area contributed by atoms with Crippen molar-refractivity contribution in [3.63, 3.8) is 0 Å². The molecule has 0 saturated carbocycles. The van der Waals surface area contributed by atoms with Crippen LogP contribution in [0.4, 0.5) is 5.69 Å². The minimum atomic E-state index is -0.182. The Hall–Kier alpha value is -2.74. The molecule has 0 fully saturated rings. The minimum Gasteiger partial charge on any atom is -0.397 e. The van der Waals surface area contributed by atoms with Gasteiger partial charge in [-0.1, -0.05) is 30.3 Å². The number of nitrogens with two attached hydrogens (primary N) is 1. The van der Waals surface area contributed by atoms with Crippen LogP contribution in [0.25, 0.3) is 0 Å². The first-order valence-corrected chi connectivity index (χ1v) is 6.81. The summed E-state index contributed by atoms with van der Waals surface area (Å²) in [5.41, 5.74) is 7.82. The van der Waals surface area contributed by atoms with E-state index in [4.69, 9.17) is 11.0 Å². The van der Waals surface area contributed by atoms with Crippen LogP contribution in [0.2, 0.25) is 0 Å². The van der Waals surface area contributed by atoms with Gasteiger partial charge >= 0.3 is 0 Å². The molecule has 0 unspecified atom stereocenters. The molecule has 21 heavy (non-hydrogen) atoms. The SMILES string of the molecule is CCn1cc(N)cc1C(=O)N(CC#N)Cc1ccccc1. The van der Waals surface area contributed by atoms with Crippen LogP contribution in [0.3, 0.4) is 0 Å². The maximum atomic E-state index is 12.6. The van der Waals surface area contributed by atoms with E-state index in [2.05, 4.69) is 0 Å². The monoisotopic (exact) mass is 282 g/mol. The fraction of sp³-hybridized carbons (Fsp3) is 0.250. The summed E-state index contributed by atoms with van der Waals surface area (Å²) in [7, 11) is 0. The zero-order valence-electron chi connectivity index (χ0n) is 12.0. The number of carbonyl (C=O) groups is 1. The Morgan fingerprint density at radius 2 is 2.10 bits per heavy atom. The van der Waals surface area contributed by atoms with Gasteiger partial charge in [0.1, 0.15) is 12.2 Å². The van der Waals surface area contributed by atoms with E-state index in [0.29, 0.717) is 24.5 Å². The van der Waals surface area contributed by atoms with E-state index < -0.39 is 0 Å². The van der Waals surface area contributed by atoms with E-state index in [0.717, 1.165) is 5.56 Å². The van der Waals surface area contributed by atoms with Crippen molar-refractivity contribution in [2.75, 3.05) is 12.3 Å². The van der Waals surface area contributed by atoms with E-state index in [1.165, 1.54) is 4.90 Å². The summed E-state index contributed by atoms with van der Waals surface area (Å²) in [6.07, 6.45) is 1.74. The predicted octanol–water partition coefficient (Wildman–Crippen LogP) is 2.26. The van der Waals surface area contributed by atoms with Gasteiger partial charge in [0.2, 0.25) is 0 Å². The summed E-state index contributed by atoms with van der Waals surface area (Å²) < 4.78 is 1.80. The molecule has 0 aliphatic heterocycles.